The molecule has 1 atom stereocenters. The molecule has 2 aliphatic heterocycles. The molecule has 152 valence electrons. The highest BCUT2D eigenvalue weighted by atomic mass is 16.5. The maximum absolute atomic E-state index is 13.3. The highest BCUT2D eigenvalue weighted by molar-refractivity contribution is 6.10. The highest BCUT2D eigenvalue weighted by Crippen LogP contribution is 2.43. The van der Waals surface area contributed by atoms with Crippen LogP contribution in [0.1, 0.15) is 41.6 Å². The quantitative estimate of drug-likeness (QED) is 0.763. The molecule has 0 spiro atoms. The van der Waals surface area contributed by atoms with Gasteiger partial charge in [-0.2, -0.15) is 0 Å². The Labute approximate surface area is 170 Å². The number of rotatable bonds is 6. The van der Waals surface area contributed by atoms with Crippen LogP contribution in [0.5, 0.6) is 5.75 Å². The van der Waals surface area contributed by atoms with Gasteiger partial charge in [0.15, 0.2) is 11.4 Å². The minimum absolute atomic E-state index is 0.280. The standard InChI is InChI=1S/C23H26N2O4/c1-29-18-11-9-17(10-12-18)21(26)15-23(28)19-7-3-4-8-20(19)25(22(23)27)16-24-13-5-2-6-14-24/h3-4,7-12,28H,2,5-6,13-16H2,1H3/t23-/m0/s1. The molecule has 2 aliphatic rings. The summed E-state index contributed by atoms with van der Waals surface area (Å²) >= 11 is 0. The van der Waals surface area contributed by atoms with E-state index in [0.717, 1.165) is 25.9 Å². The van der Waals surface area contributed by atoms with E-state index in [0.29, 0.717) is 29.2 Å². The van der Waals surface area contributed by atoms with Gasteiger partial charge in [-0.15, -0.1) is 0 Å². The predicted octanol–water partition coefficient (Wildman–Crippen LogP) is 2.95. The number of Topliss-reactive ketones (excluding diaryl/α,β-unsaturated/α-hetero) is 1. The summed E-state index contributed by atoms with van der Waals surface area (Å²) in [6, 6.07) is 13.9. The second-order valence-electron chi connectivity index (χ2n) is 7.76. The Morgan fingerprint density at radius 1 is 1.07 bits per heavy atom. The topological polar surface area (TPSA) is 70.1 Å². The van der Waals surface area contributed by atoms with Gasteiger partial charge in [0.25, 0.3) is 5.91 Å². The van der Waals surface area contributed by atoms with Crippen molar-refractivity contribution in [2.24, 2.45) is 0 Å². The zero-order chi connectivity index (χ0) is 20.4. The molecular formula is C23H26N2O4. The molecule has 1 amide bonds. The molecule has 2 heterocycles. The van der Waals surface area contributed by atoms with Gasteiger partial charge in [-0.1, -0.05) is 24.6 Å². The Balaban J connectivity index is 1.59. The lowest BCUT2D eigenvalue weighted by molar-refractivity contribution is -0.136. The van der Waals surface area contributed by atoms with Crippen LogP contribution in [0, 0.1) is 0 Å². The average molecular weight is 394 g/mol. The molecule has 0 aromatic heterocycles. The van der Waals surface area contributed by atoms with Gasteiger partial charge in [0.2, 0.25) is 0 Å². The maximum Gasteiger partial charge on any atom is 0.265 e. The Morgan fingerprint density at radius 2 is 1.76 bits per heavy atom. The van der Waals surface area contributed by atoms with E-state index in [2.05, 4.69) is 4.90 Å². The summed E-state index contributed by atoms with van der Waals surface area (Å²) in [5.41, 5.74) is -0.209. The minimum atomic E-state index is -1.84. The van der Waals surface area contributed by atoms with Crippen molar-refractivity contribution in [3.63, 3.8) is 0 Å². The molecule has 1 N–H and O–H groups in total. The SMILES string of the molecule is COc1ccc(C(=O)C[C@@]2(O)C(=O)N(CN3CCCCC3)c3ccccc32)cc1. The van der Waals surface area contributed by atoms with Crippen LogP contribution >= 0.6 is 0 Å². The molecule has 1 fully saturated rings. The van der Waals surface area contributed by atoms with Crippen molar-refractivity contribution >= 4 is 17.4 Å². The Bertz CT molecular complexity index is 905. The molecule has 0 saturated carbocycles. The second-order valence-corrected chi connectivity index (χ2v) is 7.76. The number of methoxy groups -OCH3 is 1. The first-order valence-electron chi connectivity index (χ1n) is 10.1. The summed E-state index contributed by atoms with van der Waals surface area (Å²) in [4.78, 5) is 30.0. The number of anilines is 1. The zero-order valence-electron chi connectivity index (χ0n) is 16.6. The smallest absolute Gasteiger partial charge is 0.265 e. The number of hydrogen-bond acceptors (Lipinski definition) is 5. The van der Waals surface area contributed by atoms with E-state index in [9.17, 15) is 14.7 Å². The monoisotopic (exact) mass is 394 g/mol. The summed E-state index contributed by atoms with van der Waals surface area (Å²) in [5, 5.41) is 11.4. The molecule has 6 nitrogen and oxygen atoms in total. The first-order valence-corrected chi connectivity index (χ1v) is 10.1. The zero-order valence-corrected chi connectivity index (χ0v) is 16.6. The van der Waals surface area contributed by atoms with Crippen molar-refractivity contribution in [1.29, 1.82) is 0 Å². The number of aliphatic hydroxyl groups is 1. The van der Waals surface area contributed by atoms with Gasteiger partial charge in [-0.05, 0) is 56.3 Å². The molecule has 6 heteroatoms. The van der Waals surface area contributed by atoms with Crippen molar-refractivity contribution in [2.45, 2.75) is 31.3 Å². The summed E-state index contributed by atoms with van der Waals surface area (Å²) < 4.78 is 5.13. The van der Waals surface area contributed by atoms with E-state index in [1.165, 1.54) is 6.42 Å². The fraction of sp³-hybridized carbons (Fsp3) is 0.391. The predicted molar refractivity (Wildman–Crippen MR) is 110 cm³/mol. The molecule has 4 rings (SSSR count). The number of para-hydroxylation sites is 1. The number of carbonyl (C=O) groups is 2. The van der Waals surface area contributed by atoms with Crippen molar-refractivity contribution in [1.82, 2.24) is 4.90 Å². The lowest BCUT2D eigenvalue weighted by Gasteiger charge is -2.31. The lowest BCUT2D eigenvalue weighted by Crippen LogP contribution is -2.47. The Morgan fingerprint density at radius 3 is 2.45 bits per heavy atom. The van der Waals surface area contributed by atoms with Crippen molar-refractivity contribution in [2.75, 3.05) is 31.8 Å². The number of amides is 1. The number of hydrogen-bond donors (Lipinski definition) is 1. The Hall–Kier alpha value is -2.70. The number of carbonyl (C=O) groups excluding carboxylic acids is 2. The average Bonchev–Trinajstić information content (AvgIpc) is 2.96. The fourth-order valence-corrected chi connectivity index (χ4v) is 4.23. The van der Waals surface area contributed by atoms with Gasteiger partial charge in [-0.3, -0.25) is 19.4 Å². The van der Waals surface area contributed by atoms with Crippen LogP contribution in [0.2, 0.25) is 0 Å². The number of fused-ring (bicyclic) bond motifs is 1. The molecule has 0 radical (unpaired) electrons. The van der Waals surface area contributed by atoms with Gasteiger partial charge in [0, 0.05) is 11.1 Å². The van der Waals surface area contributed by atoms with Crippen LogP contribution in [0.4, 0.5) is 5.69 Å². The Kier molecular flexibility index (Phi) is 5.39. The molecule has 0 bridgehead atoms. The summed E-state index contributed by atoms with van der Waals surface area (Å²) in [7, 11) is 1.56. The van der Waals surface area contributed by atoms with E-state index in [4.69, 9.17) is 4.74 Å². The van der Waals surface area contributed by atoms with Crippen molar-refractivity contribution in [3.05, 3.63) is 59.7 Å². The minimum Gasteiger partial charge on any atom is -0.497 e. The number of ether oxygens (including phenoxy) is 1. The van der Waals surface area contributed by atoms with E-state index >= 15 is 0 Å². The van der Waals surface area contributed by atoms with Crippen LogP contribution in [-0.2, 0) is 10.4 Å². The van der Waals surface area contributed by atoms with E-state index < -0.39 is 11.5 Å². The molecule has 1 saturated heterocycles. The van der Waals surface area contributed by atoms with Gasteiger partial charge in [-0.25, -0.2) is 0 Å². The third kappa shape index (κ3) is 3.66. The van der Waals surface area contributed by atoms with Crippen LogP contribution in [0.3, 0.4) is 0 Å². The molecule has 2 aromatic rings. The van der Waals surface area contributed by atoms with Gasteiger partial charge in [0.05, 0.1) is 25.9 Å². The van der Waals surface area contributed by atoms with Crippen LogP contribution in [0.25, 0.3) is 0 Å². The fourth-order valence-electron chi connectivity index (χ4n) is 4.23. The van der Waals surface area contributed by atoms with Crippen LogP contribution in [0.15, 0.2) is 48.5 Å². The van der Waals surface area contributed by atoms with Crippen LogP contribution in [-0.4, -0.2) is 48.6 Å². The molecule has 0 aliphatic carbocycles. The normalized spacial score (nSPS) is 21.9. The van der Waals surface area contributed by atoms with Crippen molar-refractivity contribution < 1.29 is 19.4 Å². The number of ketones is 1. The lowest BCUT2D eigenvalue weighted by atomic mass is 9.88. The van der Waals surface area contributed by atoms with Gasteiger partial charge in [0.1, 0.15) is 5.75 Å². The first kappa shape index (κ1) is 19.6. The van der Waals surface area contributed by atoms with E-state index in [1.807, 2.05) is 12.1 Å². The largest absolute Gasteiger partial charge is 0.497 e. The summed E-state index contributed by atoms with van der Waals surface area (Å²) in [5.74, 6) is -0.0560. The van der Waals surface area contributed by atoms with Crippen LogP contribution < -0.4 is 9.64 Å². The van der Waals surface area contributed by atoms with E-state index in [1.54, 1.807) is 48.4 Å². The number of piperidine rings is 1. The third-order valence-electron chi connectivity index (χ3n) is 5.86. The second kappa shape index (κ2) is 7.97. The number of nitrogens with zero attached hydrogens (tertiary/aromatic N) is 2. The molecule has 29 heavy (non-hydrogen) atoms. The first-order chi connectivity index (χ1) is 14.0. The molecular weight excluding hydrogens is 368 g/mol. The van der Waals surface area contributed by atoms with E-state index in [-0.39, 0.29) is 12.2 Å². The third-order valence-corrected chi connectivity index (χ3v) is 5.86. The summed E-state index contributed by atoms with van der Waals surface area (Å²) in [6.45, 7) is 2.32. The highest BCUT2D eigenvalue weighted by Gasteiger charge is 2.51. The number of benzene rings is 2. The molecule has 0 unspecified atom stereocenters. The summed E-state index contributed by atoms with van der Waals surface area (Å²) in [6.07, 6.45) is 3.15. The van der Waals surface area contributed by atoms with Gasteiger partial charge >= 0.3 is 0 Å². The van der Waals surface area contributed by atoms with Gasteiger partial charge < -0.3 is 9.84 Å². The molecule has 2 aromatic carbocycles. The maximum atomic E-state index is 13.3. The number of likely N-dealkylation sites (tertiary alicyclic amines) is 1. The van der Waals surface area contributed by atoms with Crippen molar-refractivity contribution in [3.8, 4) is 5.75 Å².